The van der Waals surface area contributed by atoms with Crippen molar-refractivity contribution in [2.45, 2.75) is 112 Å². The normalized spacial score (nSPS) is 29.6. The lowest BCUT2D eigenvalue weighted by Crippen LogP contribution is -2.58. The van der Waals surface area contributed by atoms with E-state index in [2.05, 4.69) is 17.4 Å². The molecule has 8 rings (SSSR count). The van der Waals surface area contributed by atoms with Gasteiger partial charge in [0.05, 0.1) is 10.8 Å². The molecule has 1 spiro atoms. The zero-order chi connectivity index (χ0) is 39.7. The molecule has 4 heterocycles. The number of nitrogens with zero attached hydrogens (tertiary/aromatic N) is 3. The Kier molecular flexibility index (Phi) is 10.4. The van der Waals surface area contributed by atoms with Gasteiger partial charge in [-0.1, -0.05) is 36.4 Å². The maximum atomic E-state index is 14.7. The number of nitrogens with one attached hydrogen (secondary N) is 1. The van der Waals surface area contributed by atoms with Crippen molar-refractivity contribution < 1.29 is 46.3 Å². The Morgan fingerprint density at radius 1 is 1.04 bits per heavy atom. The third-order valence-electron chi connectivity index (χ3n) is 13.2. The topological polar surface area (TPSA) is 130 Å². The highest BCUT2D eigenvalue weighted by molar-refractivity contribution is 7.51. The number of amides is 3. The minimum atomic E-state index is -5.05. The Morgan fingerprint density at radius 3 is 2.45 bits per heavy atom. The standard InChI is InChI=1S/C40H47F4N4O6PS/c1-46(30-18-28(19-30)40(42,43)44)21-23-7-10-31(45-36(49)34-17-26-16-25(8-12-33(26)56-34)35(41)55(52,53)54)37(50)48-29(15-23)9-11-32(48)38(51)47-22-27(20-39(47)13-14-39)24-5-3-2-4-6-24/h2-6,8,12,16-17,23,27-32,35H,7,9-11,13-15,18-22H2,1H3,(H,45,49)(H2,52,53,54)/t23-,27+,28?,29+,30?,31?,32-,35-/m0/s1. The Labute approximate surface area is 326 Å². The lowest BCUT2D eigenvalue weighted by molar-refractivity contribution is -0.206. The van der Waals surface area contributed by atoms with Crippen LogP contribution in [0.1, 0.15) is 96.8 Å². The van der Waals surface area contributed by atoms with E-state index in [0.717, 1.165) is 30.6 Å². The minimum absolute atomic E-state index is 0.00762. The van der Waals surface area contributed by atoms with E-state index in [1.54, 1.807) is 4.90 Å². The fraction of sp³-hybridized carbons (Fsp3) is 0.575. The van der Waals surface area contributed by atoms with Gasteiger partial charge < -0.3 is 29.8 Å². The first kappa shape index (κ1) is 39.5. The maximum absolute atomic E-state index is 14.7. The third-order valence-corrected chi connectivity index (χ3v) is 15.2. The molecule has 2 saturated carbocycles. The molecule has 10 nitrogen and oxygen atoms in total. The molecule has 3 amide bonds. The van der Waals surface area contributed by atoms with Crippen LogP contribution in [0.5, 0.6) is 0 Å². The first-order valence-corrected chi connectivity index (χ1v) is 22.0. The predicted molar refractivity (Wildman–Crippen MR) is 203 cm³/mol. The van der Waals surface area contributed by atoms with Crippen LogP contribution < -0.4 is 5.32 Å². The number of thiophene rings is 1. The Morgan fingerprint density at radius 2 is 1.77 bits per heavy atom. The van der Waals surface area contributed by atoms with E-state index < -0.39 is 43.6 Å². The SMILES string of the molecule is CN(C[C@H]1CCC(NC(=O)c2cc3cc([C@@H](F)P(=O)(O)O)ccc3s2)C(=O)N2[C@H](CC[C@H]2C(=O)N2C[C@H](c3ccccc3)CC23CC3)C1)C1CC(C(F)(F)F)C1. The Hall–Kier alpha value is -3.36. The number of hydrogen-bond acceptors (Lipinski definition) is 6. The molecule has 56 heavy (non-hydrogen) atoms. The molecule has 3 aromatic rings. The van der Waals surface area contributed by atoms with Crippen molar-refractivity contribution in [1.29, 1.82) is 0 Å². The van der Waals surface area contributed by atoms with Crippen LogP contribution >= 0.6 is 18.9 Å². The highest BCUT2D eigenvalue weighted by Gasteiger charge is 2.59. The molecule has 0 radical (unpaired) electrons. The molecule has 3 aliphatic heterocycles. The molecule has 6 atom stereocenters. The van der Waals surface area contributed by atoms with Gasteiger partial charge in [-0.3, -0.25) is 18.9 Å². The van der Waals surface area contributed by atoms with E-state index in [-0.39, 0.29) is 71.0 Å². The fourth-order valence-corrected chi connectivity index (χ4v) is 11.3. The quantitative estimate of drug-likeness (QED) is 0.155. The number of rotatable bonds is 9. The lowest BCUT2D eigenvalue weighted by atomic mass is 9.78. The van der Waals surface area contributed by atoms with Crippen LogP contribution in [0.15, 0.2) is 54.6 Å². The molecule has 16 heteroatoms. The Balaban J connectivity index is 1.03. The Bertz CT molecular complexity index is 2030. The van der Waals surface area contributed by atoms with Gasteiger partial charge in [-0.15, -0.1) is 11.3 Å². The van der Waals surface area contributed by atoms with E-state index in [9.17, 15) is 46.3 Å². The molecule has 3 saturated heterocycles. The summed E-state index contributed by atoms with van der Waals surface area (Å²) >= 11 is 1.10. The average molecular weight is 819 g/mol. The summed E-state index contributed by atoms with van der Waals surface area (Å²) in [6.07, 6.45) is 1.12. The predicted octanol–water partition coefficient (Wildman–Crippen LogP) is 7.13. The van der Waals surface area contributed by atoms with Crippen molar-refractivity contribution in [3.05, 3.63) is 70.6 Å². The summed E-state index contributed by atoms with van der Waals surface area (Å²) in [4.78, 5) is 67.8. The second-order valence-corrected chi connectivity index (χ2v) is 19.5. The lowest BCUT2D eigenvalue weighted by Gasteiger charge is -2.44. The summed E-state index contributed by atoms with van der Waals surface area (Å²) in [5.74, 6) is -4.54. The van der Waals surface area contributed by atoms with E-state index in [0.29, 0.717) is 48.9 Å². The summed E-state index contributed by atoms with van der Waals surface area (Å²) in [5, 5.41) is 3.35. The van der Waals surface area contributed by atoms with Crippen LogP contribution in [0, 0.1) is 11.8 Å². The molecule has 1 aromatic heterocycles. The third kappa shape index (κ3) is 7.66. The van der Waals surface area contributed by atoms with Gasteiger partial charge in [-0.2, -0.15) is 13.2 Å². The highest BCUT2D eigenvalue weighted by Crippen LogP contribution is 2.55. The minimum Gasteiger partial charge on any atom is -0.340 e. The second-order valence-electron chi connectivity index (χ2n) is 16.8. The van der Waals surface area contributed by atoms with Gasteiger partial charge in [0.2, 0.25) is 17.7 Å². The van der Waals surface area contributed by atoms with Crippen molar-refractivity contribution in [1.82, 2.24) is 20.0 Å². The number of halogens is 4. The van der Waals surface area contributed by atoms with Gasteiger partial charge in [-0.05, 0) is 112 Å². The van der Waals surface area contributed by atoms with E-state index in [1.807, 2.05) is 35.0 Å². The molecule has 1 unspecified atom stereocenters. The zero-order valence-corrected chi connectivity index (χ0v) is 32.7. The summed E-state index contributed by atoms with van der Waals surface area (Å²) in [6, 6.07) is 13.6. The molecule has 302 valence electrons. The molecular weight excluding hydrogens is 771 g/mol. The van der Waals surface area contributed by atoms with Gasteiger partial charge >= 0.3 is 13.8 Å². The number of hydrogen-bond donors (Lipinski definition) is 3. The summed E-state index contributed by atoms with van der Waals surface area (Å²) in [6.45, 7) is 1.11. The highest BCUT2D eigenvalue weighted by atomic mass is 32.1. The van der Waals surface area contributed by atoms with E-state index in [4.69, 9.17) is 0 Å². The number of carbonyl (C=O) groups is 3. The smallest absolute Gasteiger partial charge is 0.340 e. The van der Waals surface area contributed by atoms with Crippen LogP contribution in [-0.2, 0) is 14.2 Å². The van der Waals surface area contributed by atoms with Crippen LogP contribution in [-0.4, -0.2) is 98.2 Å². The van der Waals surface area contributed by atoms with Crippen molar-refractivity contribution in [2.24, 2.45) is 11.8 Å². The first-order chi connectivity index (χ1) is 26.5. The van der Waals surface area contributed by atoms with Crippen molar-refractivity contribution >= 4 is 46.7 Å². The number of carbonyl (C=O) groups excluding carboxylic acids is 3. The summed E-state index contributed by atoms with van der Waals surface area (Å²) in [7, 11) is -3.20. The monoisotopic (exact) mass is 818 g/mol. The van der Waals surface area contributed by atoms with Crippen LogP contribution in [0.25, 0.3) is 10.1 Å². The van der Waals surface area contributed by atoms with E-state index >= 15 is 0 Å². The molecule has 5 aliphatic rings. The average Bonchev–Trinajstić information content (AvgIpc) is 3.42. The molecular formula is C40H47F4N4O6PS. The fourth-order valence-electron chi connectivity index (χ4n) is 9.83. The summed E-state index contributed by atoms with van der Waals surface area (Å²) in [5.41, 5.74) is 0.757. The van der Waals surface area contributed by atoms with Crippen molar-refractivity contribution in [3.63, 3.8) is 0 Å². The zero-order valence-electron chi connectivity index (χ0n) is 31.0. The molecule has 5 fully saturated rings. The second kappa shape index (κ2) is 14.8. The van der Waals surface area contributed by atoms with Crippen LogP contribution in [0.3, 0.4) is 0 Å². The number of fused-ring (bicyclic) bond motifs is 2. The maximum Gasteiger partial charge on any atom is 0.391 e. The molecule has 2 aromatic carbocycles. The van der Waals surface area contributed by atoms with Crippen LogP contribution in [0.4, 0.5) is 17.6 Å². The van der Waals surface area contributed by atoms with E-state index in [1.165, 1.54) is 29.8 Å². The van der Waals surface area contributed by atoms with Gasteiger partial charge in [-0.25, -0.2) is 4.39 Å². The van der Waals surface area contributed by atoms with Crippen LogP contribution in [0.2, 0.25) is 0 Å². The van der Waals surface area contributed by atoms with Crippen molar-refractivity contribution in [2.75, 3.05) is 20.1 Å². The molecule has 0 bridgehead atoms. The summed E-state index contributed by atoms with van der Waals surface area (Å²) < 4.78 is 66.6. The van der Waals surface area contributed by atoms with Gasteiger partial charge in [0, 0.05) is 41.3 Å². The first-order valence-electron chi connectivity index (χ1n) is 19.5. The number of alkyl halides is 4. The van der Waals surface area contributed by atoms with Gasteiger partial charge in [0.25, 0.3) is 5.91 Å². The number of likely N-dealkylation sites (tertiary alicyclic amines) is 1. The number of benzene rings is 2. The largest absolute Gasteiger partial charge is 0.391 e. The van der Waals surface area contributed by atoms with Gasteiger partial charge in [0.1, 0.15) is 12.1 Å². The van der Waals surface area contributed by atoms with Gasteiger partial charge in [0.15, 0.2) is 0 Å². The molecule has 3 N–H and O–H groups in total. The van der Waals surface area contributed by atoms with Crippen molar-refractivity contribution in [3.8, 4) is 0 Å². The molecule has 2 aliphatic carbocycles.